The van der Waals surface area contributed by atoms with Gasteiger partial charge in [-0.3, -0.25) is 0 Å². The van der Waals surface area contributed by atoms with E-state index in [2.05, 4.69) is 17.1 Å². The highest BCUT2D eigenvalue weighted by molar-refractivity contribution is 7.80. The van der Waals surface area contributed by atoms with Crippen LogP contribution in [0.3, 0.4) is 0 Å². The molecule has 25 heavy (non-hydrogen) atoms. The molecule has 2 aromatic rings. The predicted octanol–water partition coefficient (Wildman–Crippen LogP) is 4.45. The Kier molecular flexibility index (Phi) is 5.39. The van der Waals surface area contributed by atoms with E-state index in [0.29, 0.717) is 23.2 Å². The van der Waals surface area contributed by atoms with E-state index in [1.807, 2.05) is 23.1 Å². The fourth-order valence-corrected chi connectivity index (χ4v) is 3.32. The molecule has 7 heteroatoms. The number of piperazine rings is 1. The van der Waals surface area contributed by atoms with Crippen molar-refractivity contribution in [3.63, 3.8) is 0 Å². The Morgan fingerprint density at radius 2 is 1.80 bits per heavy atom. The van der Waals surface area contributed by atoms with Crippen LogP contribution in [0.1, 0.15) is 5.56 Å². The van der Waals surface area contributed by atoms with Crippen LogP contribution in [0.2, 0.25) is 5.02 Å². The highest BCUT2D eigenvalue weighted by atomic mass is 35.5. The number of benzene rings is 2. The normalized spacial score (nSPS) is 14.6. The van der Waals surface area contributed by atoms with Crippen molar-refractivity contribution in [2.24, 2.45) is 0 Å². The van der Waals surface area contributed by atoms with Crippen molar-refractivity contribution in [3.8, 4) is 0 Å². The third-order valence-corrected chi connectivity index (χ3v) is 4.85. The van der Waals surface area contributed by atoms with Gasteiger partial charge in [-0.05, 0) is 49.0 Å². The minimum absolute atomic E-state index is 0.180. The maximum atomic E-state index is 13.7. The van der Waals surface area contributed by atoms with Crippen molar-refractivity contribution < 1.29 is 8.78 Å². The average molecular weight is 382 g/mol. The third kappa shape index (κ3) is 4.19. The average Bonchev–Trinajstić information content (AvgIpc) is 2.59. The summed E-state index contributed by atoms with van der Waals surface area (Å²) in [6.45, 7) is 5.05. The van der Waals surface area contributed by atoms with Gasteiger partial charge in [-0.2, -0.15) is 0 Å². The number of nitrogens with zero attached hydrogens (tertiary/aromatic N) is 2. The molecule has 1 fully saturated rings. The molecule has 0 atom stereocenters. The van der Waals surface area contributed by atoms with Crippen molar-refractivity contribution in [1.82, 2.24) is 4.90 Å². The highest BCUT2D eigenvalue weighted by Gasteiger charge is 2.21. The molecule has 1 aliphatic rings. The molecule has 0 aliphatic carbocycles. The summed E-state index contributed by atoms with van der Waals surface area (Å²) in [5.74, 6) is -1.27. The Bertz CT molecular complexity index is 792. The van der Waals surface area contributed by atoms with Gasteiger partial charge in [0.1, 0.15) is 11.6 Å². The molecule has 0 bridgehead atoms. The second kappa shape index (κ2) is 7.54. The van der Waals surface area contributed by atoms with Gasteiger partial charge in [-0.1, -0.05) is 17.7 Å². The van der Waals surface area contributed by atoms with Crippen molar-refractivity contribution >= 4 is 40.3 Å². The van der Waals surface area contributed by atoms with Gasteiger partial charge >= 0.3 is 0 Å². The van der Waals surface area contributed by atoms with Crippen LogP contribution in [0.5, 0.6) is 0 Å². The first kappa shape index (κ1) is 17.9. The van der Waals surface area contributed by atoms with Gasteiger partial charge in [0.25, 0.3) is 0 Å². The van der Waals surface area contributed by atoms with Crippen LogP contribution in [0, 0.1) is 18.6 Å². The summed E-state index contributed by atoms with van der Waals surface area (Å²) in [5, 5.41) is 4.01. The molecule has 3 nitrogen and oxygen atoms in total. The molecule has 0 amide bonds. The number of hydrogen-bond acceptors (Lipinski definition) is 2. The number of rotatable bonds is 2. The zero-order chi connectivity index (χ0) is 18.0. The minimum atomic E-state index is -0.657. The molecule has 0 unspecified atom stereocenters. The monoisotopic (exact) mass is 381 g/mol. The van der Waals surface area contributed by atoms with Gasteiger partial charge in [-0.25, -0.2) is 8.78 Å². The van der Waals surface area contributed by atoms with E-state index < -0.39 is 11.6 Å². The first-order valence-corrected chi connectivity index (χ1v) is 8.75. The van der Waals surface area contributed by atoms with Crippen LogP contribution in [-0.2, 0) is 0 Å². The summed E-state index contributed by atoms with van der Waals surface area (Å²) >= 11 is 11.5. The van der Waals surface area contributed by atoms with E-state index >= 15 is 0 Å². The summed E-state index contributed by atoms with van der Waals surface area (Å²) in [6, 6.07) is 9.25. The molecule has 1 saturated heterocycles. The lowest BCUT2D eigenvalue weighted by molar-refractivity contribution is 0.390. The predicted molar refractivity (Wildman–Crippen MR) is 103 cm³/mol. The fraction of sp³-hybridized carbons (Fsp3) is 0.278. The summed E-state index contributed by atoms with van der Waals surface area (Å²) in [7, 11) is 0. The van der Waals surface area contributed by atoms with Crippen molar-refractivity contribution in [2.45, 2.75) is 6.92 Å². The molecule has 2 aromatic carbocycles. The van der Waals surface area contributed by atoms with E-state index in [1.165, 1.54) is 17.7 Å². The number of hydrogen-bond donors (Lipinski definition) is 1. The quantitative estimate of drug-likeness (QED) is 0.774. The first-order chi connectivity index (χ1) is 11.9. The van der Waals surface area contributed by atoms with Crippen LogP contribution in [-0.4, -0.2) is 36.2 Å². The zero-order valence-corrected chi connectivity index (χ0v) is 15.3. The largest absolute Gasteiger partial charge is 0.368 e. The Hall–Kier alpha value is -1.92. The van der Waals surface area contributed by atoms with E-state index in [4.69, 9.17) is 23.8 Å². The second-order valence-corrected chi connectivity index (χ2v) is 6.78. The Labute approximate surface area is 156 Å². The second-order valence-electron chi connectivity index (χ2n) is 5.96. The lowest BCUT2D eigenvalue weighted by Gasteiger charge is -2.38. The van der Waals surface area contributed by atoms with Gasteiger partial charge in [0.15, 0.2) is 5.11 Å². The van der Waals surface area contributed by atoms with Crippen LogP contribution >= 0.6 is 23.8 Å². The topological polar surface area (TPSA) is 18.5 Å². The molecule has 1 N–H and O–H groups in total. The van der Waals surface area contributed by atoms with E-state index in [0.717, 1.165) is 24.8 Å². The van der Waals surface area contributed by atoms with Crippen molar-refractivity contribution in [1.29, 1.82) is 0 Å². The standard InChI is InChI=1S/C18H18ClF2N3S/c1-12-2-3-13(19)10-17(12)23-6-8-24(9-7-23)18(25)22-16-5-4-14(20)11-15(16)21/h2-5,10-11H,6-9H2,1H3,(H,22,25). The smallest absolute Gasteiger partial charge is 0.173 e. The number of aryl methyl sites for hydroxylation is 1. The molecule has 0 spiro atoms. The summed E-state index contributed by atoms with van der Waals surface area (Å²) in [5.41, 5.74) is 2.47. The van der Waals surface area contributed by atoms with Gasteiger partial charge < -0.3 is 15.1 Å². The van der Waals surface area contributed by atoms with Crippen molar-refractivity contribution in [3.05, 3.63) is 58.6 Å². The summed E-state index contributed by atoms with van der Waals surface area (Å²) < 4.78 is 26.7. The lowest BCUT2D eigenvalue weighted by atomic mass is 10.1. The molecule has 0 saturated carbocycles. The number of nitrogens with one attached hydrogen (secondary N) is 1. The molecule has 132 valence electrons. The summed E-state index contributed by atoms with van der Waals surface area (Å²) in [6.07, 6.45) is 0. The molecule has 1 heterocycles. The molecule has 1 aliphatic heterocycles. The zero-order valence-electron chi connectivity index (χ0n) is 13.7. The molecule has 3 rings (SSSR count). The summed E-state index contributed by atoms with van der Waals surface area (Å²) in [4.78, 5) is 4.24. The van der Waals surface area contributed by atoms with Crippen LogP contribution in [0.25, 0.3) is 0 Å². The Balaban J connectivity index is 1.62. The maximum Gasteiger partial charge on any atom is 0.173 e. The van der Waals surface area contributed by atoms with Gasteiger partial charge in [0.05, 0.1) is 5.69 Å². The highest BCUT2D eigenvalue weighted by Crippen LogP contribution is 2.25. The number of halogens is 3. The number of thiocarbonyl (C=S) groups is 1. The number of anilines is 2. The Morgan fingerprint density at radius 3 is 2.48 bits per heavy atom. The first-order valence-electron chi connectivity index (χ1n) is 7.96. The lowest BCUT2D eigenvalue weighted by Crippen LogP contribution is -2.50. The van der Waals surface area contributed by atoms with Crippen LogP contribution in [0.4, 0.5) is 20.2 Å². The van der Waals surface area contributed by atoms with Gasteiger partial charge in [0, 0.05) is 43.0 Å². The minimum Gasteiger partial charge on any atom is -0.368 e. The third-order valence-electron chi connectivity index (χ3n) is 4.25. The van der Waals surface area contributed by atoms with Gasteiger partial charge in [-0.15, -0.1) is 0 Å². The fourth-order valence-electron chi connectivity index (χ4n) is 2.86. The van der Waals surface area contributed by atoms with E-state index in [-0.39, 0.29) is 5.69 Å². The van der Waals surface area contributed by atoms with Crippen LogP contribution < -0.4 is 10.2 Å². The van der Waals surface area contributed by atoms with E-state index in [9.17, 15) is 8.78 Å². The van der Waals surface area contributed by atoms with Crippen molar-refractivity contribution in [2.75, 3.05) is 36.4 Å². The molecular formula is C18H18ClF2N3S. The maximum absolute atomic E-state index is 13.7. The SMILES string of the molecule is Cc1ccc(Cl)cc1N1CCN(C(=S)Nc2ccc(F)cc2F)CC1. The van der Waals surface area contributed by atoms with E-state index in [1.54, 1.807) is 0 Å². The Morgan fingerprint density at radius 1 is 1.08 bits per heavy atom. The van der Waals surface area contributed by atoms with Crippen LogP contribution in [0.15, 0.2) is 36.4 Å². The molecule has 0 aromatic heterocycles. The van der Waals surface area contributed by atoms with Gasteiger partial charge in [0.2, 0.25) is 0 Å². The molecular weight excluding hydrogens is 364 g/mol. The molecule has 0 radical (unpaired) electrons.